The van der Waals surface area contributed by atoms with Gasteiger partial charge < -0.3 is 16.9 Å². The molecule has 5 heteroatoms. The van der Waals surface area contributed by atoms with Crippen LogP contribution in [0.2, 0.25) is 0 Å². The third-order valence-corrected chi connectivity index (χ3v) is 4.25. The van der Waals surface area contributed by atoms with Crippen molar-refractivity contribution in [1.29, 1.82) is 5.41 Å². The fraction of sp³-hybridized carbons (Fsp3) is 0.615. The summed E-state index contributed by atoms with van der Waals surface area (Å²) in [6, 6.07) is 0. The molecule has 0 aromatic carbocycles. The minimum Gasteiger partial charge on any atom is -0.369 e. The number of allylic oxidation sites excluding steroid dienone is 2. The fourth-order valence-electron chi connectivity index (χ4n) is 3.07. The Morgan fingerprint density at radius 2 is 2.28 bits per heavy atom. The van der Waals surface area contributed by atoms with Crippen LogP contribution in [0.1, 0.15) is 39.0 Å². The Bertz CT molecular complexity index is 431. The average molecular weight is 247 g/mol. The molecule has 0 aromatic rings. The Hall–Kier alpha value is -1.65. The highest BCUT2D eigenvalue weighted by Crippen LogP contribution is 2.49. The highest BCUT2D eigenvalue weighted by Gasteiger charge is 2.40. The van der Waals surface area contributed by atoms with Gasteiger partial charge in [-0.2, -0.15) is 5.10 Å². The third-order valence-electron chi connectivity index (χ3n) is 4.25. The lowest BCUT2D eigenvalue weighted by molar-refractivity contribution is 0.230. The largest absolute Gasteiger partial charge is 0.369 e. The molecule has 0 spiro atoms. The van der Waals surface area contributed by atoms with Gasteiger partial charge in [0.25, 0.3) is 0 Å². The first-order valence-electron chi connectivity index (χ1n) is 6.43. The topological polar surface area (TPSA) is 101 Å². The van der Waals surface area contributed by atoms with Crippen LogP contribution in [0.4, 0.5) is 0 Å². The summed E-state index contributed by atoms with van der Waals surface area (Å²) in [5, 5.41) is 15.4. The van der Waals surface area contributed by atoms with Crippen LogP contribution in [-0.2, 0) is 0 Å². The zero-order valence-corrected chi connectivity index (χ0v) is 10.8. The van der Waals surface area contributed by atoms with E-state index in [0.717, 1.165) is 37.8 Å². The van der Waals surface area contributed by atoms with Crippen molar-refractivity contribution in [3.05, 3.63) is 11.6 Å². The maximum atomic E-state index is 7.60. The molecule has 98 valence electrons. The number of hydrogen-bond acceptors (Lipinski definition) is 3. The van der Waals surface area contributed by atoms with Crippen molar-refractivity contribution in [2.75, 3.05) is 0 Å². The number of guanidine groups is 1. The van der Waals surface area contributed by atoms with E-state index < -0.39 is 0 Å². The summed E-state index contributed by atoms with van der Waals surface area (Å²) in [4.78, 5) is 0. The van der Waals surface area contributed by atoms with Crippen LogP contribution in [0.15, 0.2) is 21.9 Å². The smallest absolute Gasteiger partial charge is 0.211 e. The maximum Gasteiger partial charge on any atom is 0.211 e. The molecule has 1 fully saturated rings. The van der Waals surface area contributed by atoms with Gasteiger partial charge in [-0.15, -0.1) is 5.10 Å². The Morgan fingerprint density at radius 3 is 2.94 bits per heavy atom. The SMILES string of the molecule is C[C@]12CC/C(=N\N=C(N)N)C=C1CCC[C@@H]2C=N. The Kier molecular flexibility index (Phi) is 3.50. The van der Waals surface area contributed by atoms with Crippen LogP contribution in [0.25, 0.3) is 0 Å². The zero-order valence-electron chi connectivity index (χ0n) is 10.8. The fourth-order valence-corrected chi connectivity index (χ4v) is 3.07. The predicted molar refractivity (Wildman–Crippen MR) is 74.8 cm³/mol. The van der Waals surface area contributed by atoms with Gasteiger partial charge in [-0.05, 0) is 49.8 Å². The lowest BCUT2D eigenvalue weighted by atomic mass is 9.60. The summed E-state index contributed by atoms with van der Waals surface area (Å²) >= 11 is 0. The van der Waals surface area contributed by atoms with Gasteiger partial charge >= 0.3 is 0 Å². The highest BCUT2D eigenvalue weighted by molar-refractivity contribution is 5.97. The Morgan fingerprint density at radius 1 is 1.50 bits per heavy atom. The van der Waals surface area contributed by atoms with Crippen molar-refractivity contribution < 1.29 is 0 Å². The van der Waals surface area contributed by atoms with Crippen molar-refractivity contribution in [2.45, 2.75) is 39.0 Å². The van der Waals surface area contributed by atoms with E-state index in [0.29, 0.717) is 5.92 Å². The standard InChI is InChI=1S/C13H21N5/c1-13-6-5-11(17-18-12(15)16)7-9(13)3-2-4-10(13)8-14/h7-8,10,14H,2-6H2,1H3,(H4,15,16,18)/b14-8?,17-11+/t10-,13+/m1/s1. The summed E-state index contributed by atoms with van der Waals surface area (Å²) in [6.07, 6.45) is 9.02. The number of hydrogen-bond donors (Lipinski definition) is 3. The normalized spacial score (nSPS) is 33.5. The molecule has 2 aliphatic carbocycles. The second kappa shape index (κ2) is 4.92. The van der Waals surface area contributed by atoms with Gasteiger partial charge in [0.15, 0.2) is 0 Å². The quantitative estimate of drug-likeness (QED) is 0.393. The summed E-state index contributed by atoms with van der Waals surface area (Å²) in [7, 11) is 0. The minimum atomic E-state index is -0.00440. The van der Waals surface area contributed by atoms with Crippen LogP contribution in [-0.4, -0.2) is 17.9 Å². The van der Waals surface area contributed by atoms with Gasteiger partial charge in [-0.1, -0.05) is 12.5 Å². The van der Waals surface area contributed by atoms with E-state index >= 15 is 0 Å². The molecule has 5 N–H and O–H groups in total. The van der Waals surface area contributed by atoms with Crippen molar-refractivity contribution in [2.24, 2.45) is 33.0 Å². The van der Waals surface area contributed by atoms with Gasteiger partial charge in [0.05, 0.1) is 5.71 Å². The number of rotatable bonds is 2. The molecule has 1 saturated carbocycles. The number of nitrogens with zero attached hydrogens (tertiary/aromatic N) is 2. The maximum absolute atomic E-state index is 7.60. The molecule has 0 aromatic heterocycles. The number of nitrogens with one attached hydrogen (secondary N) is 1. The first-order valence-corrected chi connectivity index (χ1v) is 6.43. The molecular formula is C13H21N5. The summed E-state index contributed by atoms with van der Waals surface area (Å²) in [5.41, 5.74) is 13.0. The zero-order chi connectivity index (χ0) is 13.2. The van der Waals surface area contributed by atoms with E-state index in [9.17, 15) is 0 Å². The molecule has 18 heavy (non-hydrogen) atoms. The molecule has 2 atom stereocenters. The number of nitrogens with two attached hydrogens (primary N) is 2. The molecule has 0 bridgehead atoms. The first kappa shape index (κ1) is 12.8. The molecule has 0 unspecified atom stereocenters. The van der Waals surface area contributed by atoms with Crippen LogP contribution >= 0.6 is 0 Å². The summed E-state index contributed by atoms with van der Waals surface area (Å²) < 4.78 is 0. The lowest BCUT2D eigenvalue weighted by Crippen LogP contribution is -2.37. The van der Waals surface area contributed by atoms with Gasteiger partial charge in [-0.25, -0.2) is 0 Å². The Balaban J connectivity index is 2.28. The van der Waals surface area contributed by atoms with E-state index in [1.807, 2.05) is 0 Å². The van der Waals surface area contributed by atoms with E-state index in [1.165, 1.54) is 5.57 Å². The summed E-state index contributed by atoms with van der Waals surface area (Å²) in [6.45, 7) is 2.27. The average Bonchev–Trinajstić information content (AvgIpc) is 2.35. The van der Waals surface area contributed by atoms with E-state index in [1.54, 1.807) is 6.21 Å². The van der Waals surface area contributed by atoms with Gasteiger partial charge in [-0.3, -0.25) is 0 Å². The first-order chi connectivity index (χ1) is 8.56. The molecule has 2 rings (SSSR count). The highest BCUT2D eigenvalue weighted by atomic mass is 15.3. The van der Waals surface area contributed by atoms with Crippen molar-refractivity contribution in [3.63, 3.8) is 0 Å². The molecule has 0 amide bonds. The molecule has 5 nitrogen and oxygen atoms in total. The van der Waals surface area contributed by atoms with Crippen molar-refractivity contribution >= 4 is 17.9 Å². The van der Waals surface area contributed by atoms with Crippen LogP contribution in [0.3, 0.4) is 0 Å². The number of fused-ring (bicyclic) bond motifs is 1. The van der Waals surface area contributed by atoms with Gasteiger partial charge in [0, 0.05) is 5.92 Å². The molecule has 2 aliphatic rings. The van der Waals surface area contributed by atoms with Crippen molar-refractivity contribution in [3.8, 4) is 0 Å². The Labute approximate surface area is 108 Å². The third kappa shape index (κ3) is 2.30. The van der Waals surface area contributed by atoms with E-state index in [4.69, 9.17) is 16.9 Å². The van der Waals surface area contributed by atoms with Crippen LogP contribution in [0, 0.1) is 16.7 Å². The van der Waals surface area contributed by atoms with Crippen LogP contribution < -0.4 is 11.5 Å². The molecule has 0 radical (unpaired) electrons. The van der Waals surface area contributed by atoms with Gasteiger partial charge in [0.2, 0.25) is 5.96 Å². The molecule has 0 saturated heterocycles. The lowest BCUT2D eigenvalue weighted by Gasteiger charge is -2.44. The molecule has 0 heterocycles. The second-order valence-corrected chi connectivity index (χ2v) is 5.37. The molecular weight excluding hydrogens is 226 g/mol. The molecule has 0 aliphatic heterocycles. The van der Waals surface area contributed by atoms with E-state index in [2.05, 4.69) is 23.2 Å². The predicted octanol–water partition coefficient (Wildman–Crippen LogP) is 1.79. The summed E-state index contributed by atoms with van der Waals surface area (Å²) in [5.74, 6) is 0.359. The van der Waals surface area contributed by atoms with E-state index in [-0.39, 0.29) is 11.4 Å². The van der Waals surface area contributed by atoms with Gasteiger partial charge in [0.1, 0.15) is 0 Å². The van der Waals surface area contributed by atoms with Crippen molar-refractivity contribution in [1.82, 2.24) is 0 Å². The monoisotopic (exact) mass is 247 g/mol. The minimum absolute atomic E-state index is 0.00440. The second-order valence-electron chi connectivity index (χ2n) is 5.37. The van der Waals surface area contributed by atoms with Crippen LogP contribution in [0.5, 0.6) is 0 Å².